The summed E-state index contributed by atoms with van der Waals surface area (Å²) in [6.07, 6.45) is 3.45. The minimum atomic E-state index is -0.0538. The molecule has 18 heavy (non-hydrogen) atoms. The first kappa shape index (κ1) is 12.2. The Bertz CT molecular complexity index is 515. The van der Waals surface area contributed by atoms with E-state index in [1.54, 1.807) is 12.3 Å². The van der Waals surface area contributed by atoms with Gasteiger partial charge >= 0.3 is 0 Å². The van der Waals surface area contributed by atoms with Crippen molar-refractivity contribution in [1.82, 2.24) is 25.5 Å². The summed E-state index contributed by atoms with van der Waals surface area (Å²) in [6.45, 7) is 4.27. The predicted molar refractivity (Wildman–Crippen MR) is 65.6 cm³/mol. The third kappa shape index (κ3) is 2.91. The van der Waals surface area contributed by atoms with Gasteiger partial charge in [-0.25, -0.2) is 9.97 Å². The highest BCUT2D eigenvalue weighted by molar-refractivity contribution is 5.78. The van der Waals surface area contributed by atoms with Crippen molar-refractivity contribution >= 4 is 5.91 Å². The Morgan fingerprint density at radius 1 is 1.33 bits per heavy atom. The number of rotatable bonds is 4. The van der Waals surface area contributed by atoms with Gasteiger partial charge in [-0.15, -0.1) is 0 Å². The van der Waals surface area contributed by atoms with Crippen molar-refractivity contribution in [1.29, 1.82) is 0 Å². The van der Waals surface area contributed by atoms with Crippen molar-refractivity contribution in [2.45, 2.75) is 26.8 Å². The number of amides is 1. The minimum absolute atomic E-state index is 0.0538. The lowest BCUT2D eigenvalue weighted by molar-refractivity contribution is -0.120. The van der Waals surface area contributed by atoms with Crippen LogP contribution in [-0.4, -0.2) is 26.1 Å². The summed E-state index contributed by atoms with van der Waals surface area (Å²) in [4.78, 5) is 19.9. The van der Waals surface area contributed by atoms with Gasteiger partial charge in [-0.3, -0.25) is 9.89 Å². The van der Waals surface area contributed by atoms with Gasteiger partial charge in [0, 0.05) is 35.4 Å². The number of hydrogen-bond donors (Lipinski definition) is 2. The zero-order valence-corrected chi connectivity index (χ0v) is 10.4. The Labute approximate surface area is 105 Å². The molecule has 0 spiro atoms. The van der Waals surface area contributed by atoms with E-state index in [2.05, 4.69) is 25.5 Å². The first-order valence-corrected chi connectivity index (χ1v) is 5.69. The Balaban J connectivity index is 1.93. The van der Waals surface area contributed by atoms with Crippen molar-refractivity contribution in [3.05, 3.63) is 41.2 Å². The van der Waals surface area contributed by atoms with Crippen molar-refractivity contribution in [3.63, 3.8) is 0 Å². The van der Waals surface area contributed by atoms with Crippen molar-refractivity contribution < 1.29 is 4.79 Å². The summed E-state index contributed by atoms with van der Waals surface area (Å²) >= 11 is 0. The first-order chi connectivity index (χ1) is 8.66. The maximum atomic E-state index is 11.7. The highest BCUT2D eigenvalue weighted by Gasteiger charge is 2.08. The van der Waals surface area contributed by atoms with E-state index in [0.29, 0.717) is 13.0 Å². The van der Waals surface area contributed by atoms with Crippen LogP contribution in [0.4, 0.5) is 0 Å². The fraction of sp³-hybridized carbons (Fsp3) is 0.333. The Hall–Kier alpha value is -2.24. The molecule has 1 amide bonds. The molecule has 2 rings (SSSR count). The lowest BCUT2D eigenvalue weighted by Crippen LogP contribution is -2.25. The number of carbonyl (C=O) groups is 1. The molecule has 2 aromatic heterocycles. The van der Waals surface area contributed by atoms with E-state index in [1.165, 1.54) is 6.33 Å². The molecule has 0 saturated carbocycles. The number of hydrogen-bond acceptors (Lipinski definition) is 4. The molecule has 0 unspecified atom stereocenters. The molecular formula is C12H15N5O. The normalized spacial score (nSPS) is 10.3. The minimum Gasteiger partial charge on any atom is -0.352 e. The second-order valence-corrected chi connectivity index (χ2v) is 4.06. The summed E-state index contributed by atoms with van der Waals surface area (Å²) in [6, 6.07) is 1.78. The molecule has 6 nitrogen and oxygen atoms in total. The maximum absolute atomic E-state index is 11.7. The van der Waals surface area contributed by atoms with Crippen LogP contribution in [0.5, 0.6) is 0 Å². The van der Waals surface area contributed by atoms with Gasteiger partial charge in [-0.05, 0) is 19.9 Å². The number of aryl methyl sites for hydroxylation is 2. The molecule has 0 aliphatic heterocycles. The topological polar surface area (TPSA) is 83.6 Å². The quantitative estimate of drug-likeness (QED) is 0.829. The third-order valence-corrected chi connectivity index (χ3v) is 2.75. The van der Waals surface area contributed by atoms with Crippen LogP contribution in [0, 0.1) is 13.8 Å². The van der Waals surface area contributed by atoms with E-state index in [4.69, 9.17) is 0 Å². The van der Waals surface area contributed by atoms with Crippen LogP contribution in [0.3, 0.4) is 0 Å². The van der Waals surface area contributed by atoms with Crippen LogP contribution in [0.25, 0.3) is 0 Å². The Morgan fingerprint density at radius 2 is 2.06 bits per heavy atom. The number of aromatic nitrogens is 4. The molecule has 0 atom stereocenters. The lowest BCUT2D eigenvalue weighted by atomic mass is 10.1. The molecule has 0 saturated heterocycles. The smallest absolute Gasteiger partial charge is 0.226 e. The zero-order valence-electron chi connectivity index (χ0n) is 10.4. The van der Waals surface area contributed by atoms with E-state index < -0.39 is 0 Å². The molecule has 2 N–H and O–H groups in total. The van der Waals surface area contributed by atoms with E-state index >= 15 is 0 Å². The predicted octanol–water partition coefficient (Wildman–Crippen LogP) is 0.675. The summed E-state index contributed by atoms with van der Waals surface area (Å²) < 4.78 is 0. The SMILES string of the molecule is Cc1ncnc(C)c1CNC(=O)Cc1ccn[nH]1. The molecule has 0 aliphatic rings. The van der Waals surface area contributed by atoms with Gasteiger partial charge in [0.15, 0.2) is 0 Å². The van der Waals surface area contributed by atoms with Gasteiger partial charge in [0.2, 0.25) is 5.91 Å². The van der Waals surface area contributed by atoms with Crippen LogP contribution >= 0.6 is 0 Å². The maximum Gasteiger partial charge on any atom is 0.226 e. The standard InChI is InChI=1S/C12H15N5O/c1-8-11(9(2)15-7-14-8)6-13-12(18)5-10-3-4-16-17-10/h3-4,7H,5-6H2,1-2H3,(H,13,18)(H,16,17). The van der Waals surface area contributed by atoms with Gasteiger partial charge in [0.05, 0.1) is 6.42 Å². The Kier molecular flexibility index (Phi) is 3.66. The monoisotopic (exact) mass is 245 g/mol. The molecule has 2 heterocycles. The summed E-state index contributed by atoms with van der Waals surface area (Å²) in [5.41, 5.74) is 3.55. The molecule has 0 radical (unpaired) electrons. The van der Waals surface area contributed by atoms with Crippen molar-refractivity contribution in [3.8, 4) is 0 Å². The zero-order chi connectivity index (χ0) is 13.0. The lowest BCUT2D eigenvalue weighted by Gasteiger charge is -2.08. The fourth-order valence-electron chi connectivity index (χ4n) is 1.68. The number of carbonyl (C=O) groups excluding carboxylic acids is 1. The largest absolute Gasteiger partial charge is 0.352 e. The van der Waals surface area contributed by atoms with E-state index in [1.807, 2.05) is 13.8 Å². The van der Waals surface area contributed by atoms with Gasteiger partial charge in [0.25, 0.3) is 0 Å². The molecule has 0 aliphatic carbocycles. The van der Waals surface area contributed by atoms with Crippen molar-refractivity contribution in [2.75, 3.05) is 0 Å². The van der Waals surface area contributed by atoms with E-state index in [-0.39, 0.29) is 5.91 Å². The Morgan fingerprint density at radius 3 is 2.67 bits per heavy atom. The molecule has 94 valence electrons. The summed E-state index contributed by atoms with van der Waals surface area (Å²) in [5.74, 6) is -0.0538. The van der Waals surface area contributed by atoms with Gasteiger partial charge in [0.1, 0.15) is 6.33 Å². The second kappa shape index (κ2) is 5.39. The number of nitrogens with zero attached hydrogens (tertiary/aromatic N) is 3. The van der Waals surface area contributed by atoms with Gasteiger partial charge in [-0.2, -0.15) is 5.10 Å². The average molecular weight is 245 g/mol. The summed E-state index contributed by atoms with van der Waals surface area (Å²) in [5, 5.41) is 9.40. The van der Waals surface area contributed by atoms with Crippen LogP contribution in [0.2, 0.25) is 0 Å². The highest BCUT2D eigenvalue weighted by atomic mass is 16.1. The molecule has 0 aromatic carbocycles. The number of aromatic amines is 1. The molecule has 2 aromatic rings. The first-order valence-electron chi connectivity index (χ1n) is 5.69. The fourth-order valence-corrected chi connectivity index (χ4v) is 1.68. The highest BCUT2D eigenvalue weighted by Crippen LogP contribution is 2.07. The van der Waals surface area contributed by atoms with Gasteiger partial charge in [-0.1, -0.05) is 0 Å². The number of nitrogens with one attached hydrogen (secondary N) is 2. The second-order valence-electron chi connectivity index (χ2n) is 4.06. The third-order valence-electron chi connectivity index (χ3n) is 2.75. The average Bonchev–Trinajstić information content (AvgIpc) is 2.81. The van der Waals surface area contributed by atoms with Crippen LogP contribution in [0.15, 0.2) is 18.6 Å². The molecule has 0 fully saturated rings. The number of H-pyrrole nitrogens is 1. The summed E-state index contributed by atoms with van der Waals surface area (Å²) in [7, 11) is 0. The molecule has 0 bridgehead atoms. The van der Waals surface area contributed by atoms with Gasteiger partial charge < -0.3 is 5.32 Å². The van der Waals surface area contributed by atoms with Crippen LogP contribution < -0.4 is 5.32 Å². The van der Waals surface area contributed by atoms with Crippen LogP contribution in [0.1, 0.15) is 22.6 Å². The van der Waals surface area contributed by atoms with Crippen LogP contribution in [-0.2, 0) is 17.8 Å². The van der Waals surface area contributed by atoms with E-state index in [9.17, 15) is 4.79 Å². The molecule has 6 heteroatoms. The molecular weight excluding hydrogens is 230 g/mol. The van der Waals surface area contributed by atoms with E-state index in [0.717, 1.165) is 22.6 Å². The van der Waals surface area contributed by atoms with Crippen molar-refractivity contribution in [2.24, 2.45) is 0 Å².